The highest BCUT2D eigenvalue weighted by molar-refractivity contribution is 7.89. The number of nitrogens with zero attached hydrogens (tertiary/aromatic N) is 1. The minimum atomic E-state index is -3.50. The normalized spacial score (nSPS) is 32.2. The number of fused-ring (bicyclic) bond motifs is 2. The minimum Gasteiger partial charge on any atom is -0.398 e. The lowest BCUT2D eigenvalue weighted by Crippen LogP contribution is -2.37. The third-order valence-corrected chi connectivity index (χ3v) is 6.84. The van der Waals surface area contributed by atoms with Crippen molar-refractivity contribution in [2.45, 2.75) is 51.0 Å². The monoisotopic (exact) mass is 308 g/mol. The molecule has 1 heterocycles. The van der Waals surface area contributed by atoms with Gasteiger partial charge in [0.2, 0.25) is 10.0 Å². The molecular formula is C16H24N2O2S. The van der Waals surface area contributed by atoms with Crippen molar-refractivity contribution in [1.82, 2.24) is 4.31 Å². The van der Waals surface area contributed by atoms with Gasteiger partial charge < -0.3 is 5.73 Å². The van der Waals surface area contributed by atoms with E-state index in [1.807, 2.05) is 0 Å². The van der Waals surface area contributed by atoms with Crippen LogP contribution in [0.5, 0.6) is 0 Å². The summed E-state index contributed by atoms with van der Waals surface area (Å²) < 4.78 is 27.7. The van der Waals surface area contributed by atoms with Crippen molar-refractivity contribution >= 4 is 15.7 Å². The summed E-state index contributed by atoms with van der Waals surface area (Å²) in [6.07, 6.45) is 2.96. The lowest BCUT2D eigenvalue weighted by Gasteiger charge is -2.39. The van der Waals surface area contributed by atoms with Gasteiger partial charge in [-0.15, -0.1) is 0 Å². The zero-order valence-electron chi connectivity index (χ0n) is 13.0. The zero-order chi connectivity index (χ0) is 15.5. The fourth-order valence-electron chi connectivity index (χ4n) is 4.53. The third kappa shape index (κ3) is 2.46. The highest BCUT2D eigenvalue weighted by Gasteiger charge is 2.53. The van der Waals surface area contributed by atoms with Crippen LogP contribution in [0, 0.1) is 10.8 Å². The maximum atomic E-state index is 13.0. The molecule has 116 valence electrons. The van der Waals surface area contributed by atoms with Crippen LogP contribution in [0.3, 0.4) is 0 Å². The summed E-state index contributed by atoms with van der Waals surface area (Å²) in [7, 11) is -3.50. The maximum absolute atomic E-state index is 13.0. The molecule has 1 aliphatic carbocycles. The van der Waals surface area contributed by atoms with Crippen LogP contribution in [0.1, 0.15) is 40.0 Å². The zero-order valence-corrected chi connectivity index (χ0v) is 13.8. The van der Waals surface area contributed by atoms with Crippen LogP contribution >= 0.6 is 0 Å². The molecule has 2 unspecified atom stereocenters. The van der Waals surface area contributed by atoms with E-state index < -0.39 is 10.0 Å². The summed E-state index contributed by atoms with van der Waals surface area (Å²) in [5.74, 6) is 0. The molecule has 1 saturated carbocycles. The lowest BCUT2D eigenvalue weighted by atomic mass is 9.65. The molecule has 1 aliphatic heterocycles. The molecule has 2 fully saturated rings. The number of sulfonamides is 1. The average Bonchev–Trinajstić information content (AvgIpc) is 2.59. The Hall–Kier alpha value is -1.07. The van der Waals surface area contributed by atoms with Gasteiger partial charge in [-0.2, -0.15) is 4.31 Å². The molecule has 1 saturated heterocycles. The Kier molecular flexibility index (Phi) is 3.16. The van der Waals surface area contributed by atoms with Crippen LogP contribution in [0.4, 0.5) is 5.69 Å². The Morgan fingerprint density at radius 1 is 1.19 bits per heavy atom. The molecule has 2 aliphatic rings. The Labute approximate surface area is 127 Å². The van der Waals surface area contributed by atoms with Gasteiger partial charge in [-0.3, -0.25) is 0 Å². The first-order chi connectivity index (χ1) is 9.63. The SMILES string of the molecule is CC1(C)CC2CC(C)(CN2S(=O)(=O)c2ccccc2N)C1. The first-order valence-corrected chi connectivity index (χ1v) is 8.93. The molecule has 21 heavy (non-hydrogen) atoms. The summed E-state index contributed by atoms with van der Waals surface area (Å²) in [5, 5.41) is 0. The van der Waals surface area contributed by atoms with Gasteiger partial charge in [0, 0.05) is 12.6 Å². The standard InChI is InChI=1S/C16H24N2O2S/c1-15(2)8-12-9-16(3,10-15)11-18(12)21(19,20)14-7-5-4-6-13(14)17/h4-7,12H,8-11,17H2,1-3H3. The van der Waals surface area contributed by atoms with E-state index >= 15 is 0 Å². The van der Waals surface area contributed by atoms with Gasteiger partial charge in [0.25, 0.3) is 0 Å². The van der Waals surface area contributed by atoms with Gasteiger partial charge in [0.1, 0.15) is 4.90 Å². The molecule has 2 N–H and O–H groups in total. The van der Waals surface area contributed by atoms with E-state index in [0.29, 0.717) is 12.2 Å². The van der Waals surface area contributed by atoms with E-state index in [-0.39, 0.29) is 21.8 Å². The second-order valence-corrected chi connectivity index (χ2v) is 9.66. The number of rotatable bonds is 2. The van der Waals surface area contributed by atoms with Crippen molar-refractivity contribution in [1.29, 1.82) is 0 Å². The molecule has 2 atom stereocenters. The Morgan fingerprint density at radius 3 is 2.52 bits per heavy atom. The van der Waals surface area contributed by atoms with E-state index in [1.54, 1.807) is 28.6 Å². The van der Waals surface area contributed by atoms with Crippen molar-refractivity contribution in [3.05, 3.63) is 24.3 Å². The summed E-state index contributed by atoms with van der Waals surface area (Å²) in [6, 6.07) is 6.86. The number of nitrogen functional groups attached to an aromatic ring is 1. The molecule has 2 bridgehead atoms. The first kappa shape index (κ1) is 14.9. The topological polar surface area (TPSA) is 63.4 Å². The van der Waals surface area contributed by atoms with Crippen molar-refractivity contribution < 1.29 is 8.42 Å². The van der Waals surface area contributed by atoms with Crippen LogP contribution in [-0.4, -0.2) is 25.3 Å². The molecule has 0 amide bonds. The summed E-state index contributed by atoms with van der Waals surface area (Å²) in [5.41, 5.74) is 6.51. The van der Waals surface area contributed by atoms with E-state index in [0.717, 1.165) is 19.3 Å². The van der Waals surface area contributed by atoms with E-state index in [1.165, 1.54) is 0 Å². The molecule has 1 aromatic rings. The van der Waals surface area contributed by atoms with E-state index in [4.69, 9.17) is 5.73 Å². The van der Waals surface area contributed by atoms with Crippen LogP contribution in [-0.2, 0) is 10.0 Å². The fourth-order valence-corrected chi connectivity index (χ4v) is 6.42. The molecule has 4 nitrogen and oxygen atoms in total. The van der Waals surface area contributed by atoms with Gasteiger partial charge in [0.05, 0.1) is 5.69 Å². The fraction of sp³-hybridized carbons (Fsp3) is 0.625. The third-order valence-electron chi connectivity index (χ3n) is 4.87. The molecule has 0 aromatic heterocycles. The second-order valence-electron chi connectivity index (χ2n) is 7.80. The quantitative estimate of drug-likeness (QED) is 0.855. The number of para-hydroxylation sites is 1. The smallest absolute Gasteiger partial charge is 0.245 e. The molecule has 1 aromatic carbocycles. The number of hydrogen-bond donors (Lipinski definition) is 1. The van der Waals surface area contributed by atoms with Crippen molar-refractivity contribution in [3.8, 4) is 0 Å². The first-order valence-electron chi connectivity index (χ1n) is 7.49. The van der Waals surface area contributed by atoms with E-state index in [9.17, 15) is 8.42 Å². The predicted octanol–water partition coefficient (Wildman–Crippen LogP) is 2.86. The second kappa shape index (κ2) is 4.46. The highest BCUT2D eigenvalue weighted by atomic mass is 32.2. The average molecular weight is 308 g/mol. The van der Waals surface area contributed by atoms with Crippen LogP contribution in [0.15, 0.2) is 29.2 Å². The van der Waals surface area contributed by atoms with Crippen LogP contribution < -0.4 is 5.73 Å². The van der Waals surface area contributed by atoms with Gasteiger partial charge in [0.15, 0.2) is 0 Å². The Balaban J connectivity index is 2.00. The maximum Gasteiger partial charge on any atom is 0.245 e. The van der Waals surface area contributed by atoms with Crippen molar-refractivity contribution in [2.24, 2.45) is 10.8 Å². The highest BCUT2D eigenvalue weighted by Crippen LogP contribution is 2.53. The molecular weight excluding hydrogens is 284 g/mol. The van der Waals surface area contributed by atoms with Gasteiger partial charge in [-0.1, -0.05) is 32.9 Å². The van der Waals surface area contributed by atoms with Crippen LogP contribution in [0.25, 0.3) is 0 Å². The minimum absolute atomic E-state index is 0.0863. The predicted molar refractivity (Wildman–Crippen MR) is 84.3 cm³/mol. The molecule has 0 spiro atoms. The number of anilines is 1. The largest absolute Gasteiger partial charge is 0.398 e. The molecule has 0 radical (unpaired) electrons. The van der Waals surface area contributed by atoms with Gasteiger partial charge in [-0.05, 0) is 42.2 Å². The summed E-state index contributed by atoms with van der Waals surface area (Å²) >= 11 is 0. The van der Waals surface area contributed by atoms with Crippen molar-refractivity contribution in [2.75, 3.05) is 12.3 Å². The summed E-state index contributed by atoms with van der Waals surface area (Å²) in [6.45, 7) is 7.30. The number of nitrogens with two attached hydrogens (primary N) is 1. The summed E-state index contributed by atoms with van der Waals surface area (Å²) in [4.78, 5) is 0.249. The lowest BCUT2D eigenvalue weighted by molar-refractivity contribution is 0.133. The van der Waals surface area contributed by atoms with Gasteiger partial charge in [-0.25, -0.2) is 8.42 Å². The molecule has 5 heteroatoms. The number of hydrogen-bond acceptors (Lipinski definition) is 3. The number of benzene rings is 1. The molecule has 3 rings (SSSR count). The Morgan fingerprint density at radius 2 is 1.86 bits per heavy atom. The van der Waals surface area contributed by atoms with Crippen LogP contribution in [0.2, 0.25) is 0 Å². The van der Waals surface area contributed by atoms with Crippen molar-refractivity contribution in [3.63, 3.8) is 0 Å². The van der Waals surface area contributed by atoms with E-state index in [2.05, 4.69) is 20.8 Å². The Bertz CT molecular complexity index is 669. The van der Waals surface area contributed by atoms with Gasteiger partial charge >= 0.3 is 0 Å².